The van der Waals surface area contributed by atoms with Crippen LogP contribution in [0.2, 0.25) is 0 Å². The molecule has 1 heterocycles. The lowest BCUT2D eigenvalue weighted by atomic mass is 10.0. The fourth-order valence-electron chi connectivity index (χ4n) is 1.56. The van der Waals surface area contributed by atoms with E-state index in [9.17, 15) is 0 Å². The summed E-state index contributed by atoms with van der Waals surface area (Å²) in [6, 6.07) is 8.26. The molecule has 0 aliphatic heterocycles. The third-order valence-electron chi connectivity index (χ3n) is 3.14. The molecule has 5 heteroatoms. The number of hydrogen-bond acceptors (Lipinski definition) is 5. The highest BCUT2D eigenvalue weighted by Gasteiger charge is 2.26. The summed E-state index contributed by atoms with van der Waals surface area (Å²) in [6.07, 6.45) is 0.763. The first kappa shape index (κ1) is 14.1. The highest BCUT2D eigenvalue weighted by atomic mass is 32.2. The highest BCUT2D eigenvalue weighted by molar-refractivity contribution is 7.98. The van der Waals surface area contributed by atoms with E-state index in [-0.39, 0.29) is 0 Å². The first-order valence-electron chi connectivity index (χ1n) is 6.33. The van der Waals surface area contributed by atoms with Crippen molar-refractivity contribution in [3.05, 3.63) is 41.5 Å². The molecule has 0 amide bonds. The lowest BCUT2D eigenvalue weighted by molar-refractivity contribution is 0.290. The van der Waals surface area contributed by atoms with Gasteiger partial charge in [-0.2, -0.15) is 4.98 Å². The van der Waals surface area contributed by atoms with Crippen LogP contribution < -0.4 is 5.73 Å². The minimum absolute atomic E-state index is 0.510. The Morgan fingerprint density at radius 1 is 1.37 bits per heavy atom. The number of thioether (sulfide) groups is 1. The summed E-state index contributed by atoms with van der Waals surface area (Å²) in [4.78, 5) is 5.61. The zero-order chi connectivity index (χ0) is 13.9. The van der Waals surface area contributed by atoms with Gasteiger partial charge in [0.25, 0.3) is 0 Å². The minimum Gasteiger partial charge on any atom is -0.337 e. The third-order valence-corrected chi connectivity index (χ3v) is 4.31. The quantitative estimate of drug-likeness (QED) is 0.850. The maximum atomic E-state index is 6.08. The second kappa shape index (κ2) is 5.75. The van der Waals surface area contributed by atoms with Crippen LogP contribution in [0.15, 0.2) is 33.7 Å². The van der Waals surface area contributed by atoms with Crippen LogP contribution in [-0.4, -0.2) is 10.1 Å². The summed E-state index contributed by atoms with van der Waals surface area (Å²) in [7, 11) is 0. The molecule has 2 N–H and O–H groups in total. The Hall–Kier alpha value is -1.33. The van der Waals surface area contributed by atoms with Crippen molar-refractivity contribution in [3.8, 4) is 0 Å². The molecule has 0 spiro atoms. The molecule has 4 nitrogen and oxygen atoms in total. The van der Waals surface area contributed by atoms with Crippen molar-refractivity contribution in [3.63, 3.8) is 0 Å². The number of nitrogens with two attached hydrogens (primary N) is 1. The predicted molar refractivity (Wildman–Crippen MR) is 76.9 cm³/mol. The van der Waals surface area contributed by atoms with E-state index in [1.54, 1.807) is 11.8 Å². The van der Waals surface area contributed by atoms with Gasteiger partial charge >= 0.3 is 0 Å². The molecule has 0 bridgehead atoms. The van der Waals surface area contributed by atoms with E-state index in [0.717, 1.165) is 6.42 Å². The Balaban J connectivity index is 2.03. The van der Waals surface area contributed by atoms with Gasteiger partial charge in [-0.1, -0.05) is 30.3 Å². The van der Waals surface area contributed by atoms with Crippen LogP contribution in [0.5, 0.6) is 0 Å². The van der Waals surface area contributed by atoms with Gasteiger partial charge in [-0.25, -0.2) is 0 Å². The van der Waals surface area contributed by atoms with Crippen LogP contribution in [-0.2, 0) is 11.3 Å². The molecule has 1 unspecified atom stereocenters. The summed E-state index contributed by atoms with van der Waals surface area (Å²) < 4.78 is 5.24. The fraction of sp³-hybridized carbons (Fsp3) is 0.429. The summed E-state index contributed by atoms with van der Waals surface area (Å²) in [5.41, 5.74) is 6.79. The van der Waals surface area contributed by atoms with Gasteiger partial charge in [-0.05, 0) is 31.9 Å². The third kappa shape index (κ3) is 3.36. The Bertz CT molecular complexity index is 551. The van der Waals surface area contributed by atoms with Crippen LogP contribution in [0.1, 0.15) is 37.5 Å². The first-order chi connectivity index (χ1) is 9.03. The highest BCUT2D eigenvalue weighted by Crippen LogP contribution is 2.26. The molecule has 0 radical (unpaired) electrons. The molecule has 0 saturated heterocycles. The lowest BCUT2D eigenvalue weighted by Crippen LogP contribution is -2.32. The van der Waals surface area contributed by atoms with E-state index >= 15 is 0 Å². The van der Waals surface area contributed by atoms with Gasteiger partial charge in [0.1, 0.15) is 0 Å². The van der Waals surface area contributed by atoms with E-state index in [0.29, 0.717) is 17.5 Å². The largest absolute Gasteiger partial charge is 0.337 e. The Labute approximate surface area is 117 Å². The standard InChI is InChI=1S/C14H19N3OS/c1-4-14(3,15)13-16-12(17-18-13)9-19-11-8-6-5-7-10(11)2/h5-8H,4,9,15H2,1-3H3. The van der Waals surface area contributed by atoms with Crippen molar-refractivity contribution in [2.75, 3.05) is 0 Å². The maximum absolute atomic E-state index is 6.08. The molecule has 102 valence electrons. The van der Waals surface area contributed by atoms with Gasteiger partial charge in [-0.3, -0.25) is 0 Å². The summed E-state index contributed by atoms with van der Waals surface area (Å²) in [5, 5.41) is 3.99. The van der Waals surface area contributed by atoms with E-state index in [1.165, 1.54) is 10.5 Å². The molecule has 0 aliphatic rings. The van der Waals surface area contributed by atoms with Gasteiger partial charge in [0.2, 0.25) is 5.89 Å². The van der Waals surface area contributed by atoms with Crippen LogP contribution in [0, 0.1) is 6.92 Å². The smallest absolute Gasteiger partial charge is 0.246 e. The number of aromatic nitrogens is 2. The van der Waals surface area contributed by atoms with E-state index in [4.69, 9.17) is 10.3 Å². The summed E-state index contributed by atoms with van der Waals surface area (Å²) >= 11 is 1.71. The molecule has 0 saturated carbocycles. The van der Waals surface area contributed by atoms with Crippen LogP contribution in [0.4, 0.5) is 0 Å². The number of aryl methyl sites for hydroxylation is 1. The fourth-order valence-corrected chi connectivity index (χ4v) is 2.43. The average molecular weight is 277 g/mol. The number of hydrogen-bond donors (Lipinski definition) is 1. The van der Waals surface area contributed by atoms with Crippen molar-refractivity contribution in [2.45, 2.75) is 43.4 Å². The van der Waals surface area contributed by atoms with E-state index in [2.05, 4.69) is 29.2 Å². The van der Waals surface area contributed by atoms with Gasteiger partial charge in [0.15, 0.2) is 5.82 Å². The van der Waals surface area contributed by atoms with Crippen molar-refractivity contribution in [1.29, 1.82) is 0 Å². The maximum Gasteiger partial charge on any atom is 0.246 e. The Morgan fingerprint density at radius 3 is 2.79 bits per heavy atom. The second-order valence-electron chi connectivity index (χ2n) is 4.84. The minimum atomic E-state index is -0.543. The normalized spacial score (nSPS) is 14.3. The Morgan fingerprint density at radius 2 is 2.11 bits per heavy atom. The number of rotatable bonds is 5. The average Bonchev–Trinajstić information content (AvgIpc) is 2.87. The van der Waals surface area contributed by atoms with Gasteiger partial charge in [0.05, 0.1) is 11.3 Å². The molecule has 0 fully saturated rings. The lowest BCUT2D eigenvalue weighted by Gasteiger charge is -2.16. The molecule has 2 aromatic rings. The summed E-state index contributed by atoms with van der Waals surface area (Å²) in [5.74, 6) is 1.89. The molecular formula is C14H19N3OS. The second-order valence-corrected chi connectivity index (χ2v) is 5.86. The van der Waals surface area contributed by atoms with Gasteiger partial charge < -0.3 is 10.3 Å². The van der Waals surface area contributed by atoms with Gasteiger partial charge in [-0.15, -0.1) is 11.8 Å². The SMILES string of the molecule is CCC(C)(N)c1nc(CSc2ccccc2C)no1. The molecule has 1 aromatic carbocycles. The van der Waals surface area contributed by atoms with Crippen molar-refractivity contribution in [2.24, 2.45) is 5.73 Å². The molecule has 1 atom stereocenters. The van der Waals surface area contributed by atoms with Crippen molar-refractivity contribution < 1.29 is 4.52 Å². The predicted octanol–water partition coefficient (Wildman–Crippen LogP) is 3.25. The zero-order valence-electron chi connectivity index (χ0n) is 11.5. The number of nitrogens with zero attached hydrogens (tertiary/aromatic N) is 2. The van der Waals surface area contributed by atoms with Crippen molar-refractivity contribution >= 4 is 11.8 Å². The van der Waals surface area contributed by atoms with E-state index in [1.807, 2.05) is 26.0 Å². The first-order valence-corrected chi connectivity index (χ1v) is 7.32. The molecule has 2 rings (SSSR count). The van der Waals surface area contributed by atoms with Crippen LogP contribution >= 0.6 is 11.8 Å². The number of benzene rings is 1. The van der Waals surface area contributed by atoms with Crippen LogP contribution in [0.25, 0.3) is 0 Å². The monoisotopic (exact) mass is 277 g/mol. The molecule has 1 aromatic heterocycles. The molecule has 19 heavy (non-hydrogen) atoms. The van der Waals surface area contributed by atoms with Gasteiger partial charge in [0, 0.05) is 4.90 Å². The molecular weight excluding hydrogens is 258 g/mol. The topological polar surface area (TPSA) is 64.9 Å². The molecule has 0 aliphatic carbocycles. The Kier molecular flexibility index (Phi) is 4.27. The van der Waals surface area contributed by atoms with Crippen LogP contribution in [0.3, 0.4) is 0 Å². The zero-order valence-corrected chi connectivity index (χ0v) is 12.3. The van der Waals surface area contributed by atoms with E-state index < -0.39 is 5.54 Å². The van der Waals surface area contributed by atoms with Crippen molar-refractivity contribution in [1.82, 2.24) is 10.1 Å². The summed E-state index contributed by atoms with van der Waals surface area (Å²) in [6.45, 7) is 6.00.